The van der Waals surface area contributed by atoms with E-state index in [9.17, 15) is 0 Å². The zero-order chi connectivity index (χ0) is 44.0. The molecule has 0 saturated heterocycles. The number of fused-ring (bicyclic) bond motifs is 6. The third-order valence-corrected chi connectivity index (χ3v) is 20.4. The summed E-state index contributed by atoms with van der Waals surface area (Å²) in [7, 11) is -2.77. The Hall–Kier alpha value is -6.72. The summed E-state index contributed by atoms with van der Waals surface area (Å²) >= 11 is 1.87. The van der Waals surface area contributed by atoms with Crippen LogP contribution in [0, 0.1) is 34.6 Å². The van der Waals surface area contributed by atoms with Gasteiger partial charge in [0, 0.05) is 27.2 Å². The van der Waals surface area contributed by atoms with Crippen LogP contribution < -0.4 is 63.2 Å². The topological polar surface area (TPSA) is 12.5 Å². The average molecular weight is 868 g/mol. The van der Waals surface area contributed by atoms with Gasteiger partial charge in [-0.3, -0.25) is 0 Å². The van der Waals surface area contributed by atoms with E-state index < -0.39 is 8.07 Å². The Balaban J connectivity index is 1.07. The number of anilines is 3. The Morgan fingerprint density at radius 1 is 0.477 bits per heavy atom. The molecule has 0 spiro atoms. The highest BCUT2D eigenvalue weighted by molar-refractivity contribution is 8.00. The van der Waals surface area contributed by atoms with Crippen molar-refractivity contribution in [3.63, 3.8) is 0 Å². The van der Waals surface area contributed by atoms with Crippen LogP contribution in [-0.2, 0) is 0 Å². The van der Waals surface area contributed by atoms with Gasteiger partial charge in [0.05, 0.1) is 5.69 Å². The maximum Gasteiger partial charge on any atom is 0.253 e. The molecule has 0 unspecified atom stereocenters. The van der Waals surface area contributed by atoms with E-state index in [4.69, 9.17) is 4.74 Å². The summed E-state index contributed by atoms with van der Waals surface area (Å²) in [6.07, 6.45) is 0. The van der Waals surface area contributed by atoms with Crippen LogP contribution in [0.4, 0.5) is 17.1 Å². The lowest BCUT2D eigenvalue weighted by molar-refractivity contribution is 0.487. The first-order valence-electron chi connectivity index (χ1n) is 22.8. The normalized spacial score (nSPS) is 13.7. The molecule has 311 valence electrons. The number of benzene rings is 9. The molecule has 65 heavy (non-hydrogen) atoms. The first kappa shape index (κ1) is 39.8. The number of nitrogens with zero attached hydrogens (tertiary/aromatic N) is 1. The van der Waals surface area contributed by atoms with Gasteiger partial charge in [-0.1, -0.05) is 219 Å². The molecule has 0 N–H and O–H groups in total. The molecule has 0 fully saturated rings. The fourth-order valence-electron chi connectivity index (χ4n) is 11.9. The van der Waals surface area contributed by atoms with E-state index in [0.29, 0.717) is 0 Å². The Kier molecular flexibility index (Phi) is 9.48. The van der Waals surface area contributed by atoms with E-state index in [1.165, 1.54) is 103 Å². The van der Waals surface area contributed by atoms with Crippen molar-refractivity contribution in [2.75, 3.05) is 4.90 Å². The lowest BCUT2D eigenvalue weighted by Crippen LogP contribution is -2.77. The Morgan fingerprint density at radius 2 is 1.05 bits per heavy atom. The SMILES string of the molecule is Cc1cc(C)c(B(c2ccc3c(c2)Oc2cc(N4c5ccccc5[Si-](c5ccccc5)(c5ccccc5)c5ccccc54)cc4c2B3c2ccccc2S4)c2c(C)cccc2C)c(C)c1. The minimum Gasteiger partial charge on any atom is -0.458 e. The van der Waals surface area contributed by atoms with Crippen molar-refractivity contribution in [2.45, 2.75) is 44.4 Å². The summed E-state index contributed by atoms with van der Waals surface area (Å²) in [6.45, 7) is 11.4. The van der Waals surface area contributed by atoms with Gasteiger partial charge in [0.15, 0.2) is 0 Å². The highest BCUT2D eigenvalue weighted by atomic mass is 32.2. The maximum absolute atomic E-state index is 7.40. The molecule has 2 nitrogen and oxygen atoms in total. The molecule has 0 aliphatic carbocycles. The fourth-order valence-corrected chi connectivity index (χ4v) is 18.1. The van der Waals surface area contributed by atoms with Gasteiger partial charge in [-0.15, -0.1) is 10.4 Å². The van der Waals surface area contributed by atoms with Crippen molar-refractivity contribution in [1.29, 1.82) is 0 Å². The molecular weight excluding hydrogens is 820 g/mol. The molecule has 3 aliphatic heterocycles. The summed E-state index contributed by atoms with van der Waals surface area (Å²) < 4.78 is 7.40. The third-order valence-electron chi connectivity index (χ3n) is 14.4. The molecule has 0 atom stereocenters. The third kappa shape index (κ3) is 6.11. The number of ether oxygens (including phenoxy) is 1. The molecule has 0 radical (unpaired) electrons. The zero-order valence-electron chi connectivity index (χ0n) is 37.4. The smallest absolute Gasteiger partial charge is 0.253 e. The first-order valence-corrected chi connectivity index (χ1v) is 25.6. The summed E-state index contributed by atoms with van der Waals surface area (Å²) in [5.41, 5.74) is 17.9. The largest absolute Gasteiger partial charge is 0.458 e. The van der Waals surface area contributed by atoms with Gasteiger partial charge in [-0.2, -0.15) is 10.4 Å². The Bertz CT molecular complexity index is 3240. The predicted molar refractivity (Wildman–Crippen MR) is 281 cm³/mol. The molecule has 9 aromatic carbocycles. The van der Waals surface area contributed by atoms with Crippen LogP contribution in [0.2, 0.25) is 0 Å². The second-order valence-electron chi connectivity index (χ2n) is 18.2. The van der Waals surface area contributed by atoms with Crippen molar-refractivity contribution < 1.29 is 4.74 Å². The standard InChI is InChI=1S/C59H47B2NOSSi/c1-38-33-41(4)58(42(5)34-38)60(57-39(2)19-18-20-40(57)3)43-31-32-47-51(35-43)63-52-36-44(37-54-59(52)61(47)48-25-12-15-28-53(48)64-54)62-49-26-13-16-29-55(49)65(45-21-8-6-9-22-45,46-23-10-7-11-24-46)56-30-17-14-27-50(56)62/h6-37H,1-5H3/q-1. The van der Waals surface area contributed by atoms with Crippen molar-refractivity contribution in [1.82, 2.24) is 0 Å². The Morgan fingerprint density at radius 3 is 1.69 bits per heavy atom. The van der Waals surface area contributed by atoms with Crippen LogP contribution in [0.5, 0.6) is 11.5 Å². The highest BCUT2D eigenvalue weighted by Gasteiger charge is 2.42. The van der Waals surface area contributed by atoms with Gasteiger partial charge in [0.2, 0.25) is 6.71 Å². The maximum atomic E-state index is 7.40. The van der Waals surface area contributed by atoms with Crippen molar-refractivity contribution in [2.24, 2.45) is 0 Å². The fraction of sp³-hybridized carbons (Fsp3) is 0.0847. The quantitative estimate of drug-likeness (QED) is 0.158. The summed E-state index contributed by atoms with van der Waals surface area (Å²) in [4.78, 5) is 5.05. The van der Waals surface area contributed by atoms with Crippen LogP contribution >= 0.6 is 11.8 Å². The average Bonchev–Trinajstić information content (AvgIpc) is 3.32. The van der Waals surface area contributed by atoms with E-state index in [0.717, 1.165) is 17.2 Å². The van der Waals surface area contributed by atoms with E-state index in [1.54, 1.807) is 0 Å². The van der Waals surface area contributed by atoms with Crippen LogP contribution in [-0.4, -0.2) is 21.5 Å². The molecular formula is C59H47B2NOSSi-. The lowest BCUT2D eigenvalue weighted by Gasteiger charge is -2.54. The van der Waals surface area contributed by atoms with Crippen LogP contribution in [0.3, 0.4) is 0 Å². The van der Waals surface area contributed by atoms with Crippen molar-refractivity contribution in [3.8, 4) is 11.5 Å². The van der Waals surface area contributed by atoms with Crippen molar-refractivity contribution in [3.05, 3.63) is 222 Å². The van der Waals surface area contributed by atoms with E-state index in [1.807, 2.05) is 11.8 Å². The number of hydrogen-bond acceptors (Lipinski definition) is 3. The van der Waals surface area contributed by atoms with Gasteiger partial charge in [-0.25, -0.2) is 0 Å². The number of para-hydroxylation sites is 2. The minimum absolute atomic E-state index is 0.0444. The van der Waals surface area contributed by atoms with E-state index >= 15 is 0 Å². The number of rotatable bonds is 6. The molecule has 3 heterocycles. The molecule has 0 bridgehead atoms. The van der Waals surface area contributed by atoms with E-state index in [-0.39, 0.29) is 13.4 Å². The molecule has 3 aliphatic rings. The molecule has 0 aromatic heterocycles. The highest BCUT2D eigenvalue weighted by Crippen LogP contribution is 2.44. The van der Waals surface area contributed by atoms with E-state index in [2.05, 4.69) is 234 Å². The second kappa shape index (κ2) is 15.5. The first-order chi connectivity index (χ1) is 31.8. The molecule has 9 aromatic rings. The van der Waals surface area contributed by atoms with Gasteiger partial charge < -0.3 is 9.64 Å². The van der Waals surface area contributed by atoms with Gasteiger partial charge in [0.25, 0.3) is 6.71 Å². The zero-order valence-corrected chi connectivity index (χ0v) is 39.2. The van der Waals surface area contributed by atoms with Gasteiger partial charge >= 0.3 is 0 Å². The van der Waals surface area contributed by atoms with Crippen LogP contribution in [0.1, 0.15) is 27.8 Å². The molecule has 0 amide bonds. The van der Waals surface area contributed by atoms with Crippen LogP contribution in [0.25, 0.3) is 0 Å². The Labute approximate surface area is 389 Å². The summed E-state index contributed by atoms with van der Waals surface area (Å²) in [6, 6.07) is 73.1. The summed E-state index contributed by atoms with van der Waals surface area (Å²) in [5, 5.41) is 5.53. The number of hydrogen-bond donors (Lipinski definition) is 0. The monoisotopic (exact) mass is 867 g/mol. The van der Waals surface area contributed by atoms with Crippen LogP contribution in [0.15, 0.2) is 204 Å². The summed E-state index contributed by atoms with van der Waals surface area (Å²) in [5.74, 6) is 1.86. The molecule has 6 heteroatoms. The molecule has 12 rings (SSSR count). The van der Waals surface area contributed by atoms with Gasteiger partial charge in [0.1, 0.15) is 11.5 Å². The molecule has 0 saturated carbocycles. The predicted octanol–water partition coefficient (Wildman–Crippen LogP) is 7.99. The minimum atomic E-state index is -2.77. The van der Waals surface area contributed by atoms with Crippen molar-refractivity contribution >= 4 is 104 Å². The second-order valence-corrected chi connectivity index (χ2v) is 23.0. The van der Waals surface area contributed by atoms with Gasteiger partial charge in [-0.05, 0) is 84.0 Å². The lowest BCUT2D eigenvalue weighted by atomic mass is 9.32. The number of aryl methyl sites for hydroxylation is 5.